The minimum absolute atomic E-state index is 0.0846. The summed E-state index contributed by atoms with van der Waals surface area (Å²) < 4.78 is 31.2. The van der Waals surface area contributed by atoms with Crippen LogP contribution in [0.3, 0.4) is 0 Å². The van der Waals surface area contributed by atoms with Crippen LogP contribution in [0.2, 0.25) is 5.28 Å². The van der Waals surface area contributed by atoms with E-state index < -0.39 is 17.3 Å². The molecule has 1 amide bonds. The van der Waals surface area contributed by atoms with Crippen molar-refractivity contribution in [2.75, 3.05) is 13.7 Å². The van der Waals surface area contributed by atoms with Crippen LogP contribution in [-0.4, -0.2) is 40.4 Å². The molecule has 13 heteroatoms. The molecule has 2 aromatic heterocycles. The molecule has 0 aliphatic carbocycles. The number of amides is 1. The first kappa shape index (κ1) is 27.3. The number of methoxy groups -OCH3 is 1. The molecule has 1 aromatic carbocycles. The van der Waals surface area contributed by atoms with Gasteiger partial charge in [0.25, 0.3) is 17.3 Å². The molecule has 0 saturated heterocycles. The summed E-state index contributed by atoms with van der Waals surface area (Å²) >= 11 is 5.70. The minimum atomic E-state index is -0.801. The number of halogens is 2. The first-order valence-electron chi connectivity index (χ1n) is 10.8. The van der Waals surface area contributed by atoms with E-state index in [4.69, 9.17) is 25.8 Å². The van der Waals surface area contributed by atoms with E-state index in [0.717, 1.165) is 6.20 Å². The summed E-state index contributed by atoms with van der Waals surface area (Å²) in [6.07, 6.45) is 2.24. The Hall–Kier alpha value is -4.34. The highest BCUT2D eigenvalue weighted by molar-refractivity contribution is 6.28. The van der Waals surface area contributed by atoms with Crippen LogP contribution >= 0.6 is 11.6 Å². The van der Waals surface area contributed by atoms with Gasteiger partial charge < -0.3 is 18.8 Å². The van der Waals surface area contributed by atoms with Gasteiger partial charge in [-0.25, -0.2) is 10.4 Å². The van der Waals surface area contributed by atoms with Gasteiger partial charge in [-0.1, -0.05) is 0 Å². The van der Waals surface area contributed by atoms with Crippen molar-refractivity contribution in [3.8, 4) is 23.4 Å². The molecule has 0 spiro atoms. The molecule has 0 aliphatic heterocycles. The maximum absolute atomic E-state index is 13.9. The van der Waals surface area contributed by atoms with Crippen molar-refractivity contribution in [3.05, 3.63) is 74.3 Å². The lowest BCUT2D eigenvalue weighted by atomic mass is 10.1. The summed E-state index contributed by atoms with van der Waals surface area (Å²) in [6, 6.07) is 8.16. The molecule has 0 aliphatic rings. The van der Waals surface area contributed by atoms with E-state index >= 15 is 0 Å². The number of hydrazone groups is 1. The van der Waals surface area contributed by atoms with Gasteiger partial charge in [0.1, 0.15) is 18.2 Å². The molecule has 37 heavy (non-hydrogen) atoms. The Labute approximate surface area is 216 Å². The van der Waals surface area contributed by atoms with E-state index in [0.29, 0.717) is 23.4 Å². The number of hydrogen-bond acceptors (Lipinski definition) is 9. The highest BCUT2D eigenvalue weighted by Crippen LogP contribution is 2.32. The van der Waals surface area contributed by atoms with Crippen LogP contribution in [0, 0.1) is 24.1 Å². The minimum Gasteiger partial charge on any atom is -0.490 e. The van der Waals surface area contributed by atoms with Gasteiger partial charge in [0.15, 0.2) is 11.5 Å². The fourth-order valence-corrected chi connectivity index (χ4v) is 3.37. The fourth-order valence-electron chi connectivity index (χ4n) is 3.24. The zero-order chi connectivity index (χ0) is 26.9. The fraction of sp³-hybridized carbons (Fsp3) is 0.250. The van der Waals surface area contributed by atoms with Crippen LogP contribution in [0.5, 0.6) is 17.4 Å². The van der Waals surface area contributed by atoms with Gasteiger partial charge in [0, 0.05) is 18.4 Å². The summed E-state index contributed by atoms with van der Waals surface area (Å²) in [7, 11) is 1.46. The maximum atomic E-state index is 13.9. The molecule has 0 bridgehead atoms. The number of aromatic nitrogens is 3. The topological polar surface area (TPSA) is 141 Å². The number of nitrogens with zero attached hydrogens (tertiary/aromatic N) is 5. The zero-order valence-corrected chi connectivity index (χ0v) is 20.9. The first-order valence-corrected chi connectivity index (χ1v) is 11.2. The number of rotatable bonds is 10. The van der Waals surface area contributed by atoms with Crippen molar-refractivity contribution in [2.24, 2.45) is 5.10 Å². The molecule has 1 N–H and O–H groups in total. The quantitative estimate of drug-likeness (QED) is 0.240. The number of aryl methyl sites for hydroxylation is 1. The first-order chi connectivity index (χ1) is 17.8. The average molecular weight is 529 g/mol. The van der Waals surface area contributed by atoms with E-state index in [2.05, 4.69) is 20.5 Å². The Morgan fingerprint density at radius 2 is 2.14 bits per heavy atom. The lowest BCUT2D eigenvalue weighted by Crippen LogP contribution is -2.33. The van der Waals surface area contributed by atoms with Gasteiger partial charge in [-0.15, -0.1) is 0 Å². The molecule has 3 aromatic rings. The van der Waals surface area contributed by atoms with Crippen LogP contribution in [0.1, 0.15) is 29.3 Å². The van der Waals surface area contributed by atoms with Crippen molar-refractivity contribution in [1.29, 1.82) is 5.26 Å². The average Bonchev–Trinajstić information content (AvgIpc) is 2.86. The predicted molar refractivity (Wildman–Crippen MR) is 131 cm³/mol. The third-order valence-electron chi connectivity index (χ3n) is 4.86. The molecule has 0 radical (unpaired) electrons. The van der Waals surface area contributed by atoms with E-state index in [1.807, 2.05) is 6.07 Å². The van der Waals surface area contributed by atoms with Gasteiger partial charge >= 0.3 is 0 Å². The molecule has 0 fully saturated rings. The summed E-state index contributed by atoms with van der Waals surface area (Å²) in [6.45, 7) is 3.47. The predicted octanol–water partition coefficient (Wildman–Crippen LogP) is 3.10. The number of ether oxygens (including phenoxy) is 3. The molecule has 0 unspecified atom stereocenters. The molecular weight excluding hydrogens is 507 g/mol. The summed E-state index contributed by atoms with van der Waals surface area (Å²) in [4.78, 5) is 32.3. The van der Waals surface area contributed by atoms with E-state index in [9.17, 15) is 19.2 Å². The monoisotopic (exact) mass is 528 g/mol. The standard InChI is InChI=1S/C24H22ClFN6O5/c1-4-36-20-8-15(5-6-19(20)37-22-18(26)11-28-24(25)30-22)10-29-31-21(33)12-32-14(2)7-16(13-35-3)17(9-27)23(32)34/h5-8,10-11H,4,12-13H2,1-3H3,(H,31,33). The van der Waals surface area contributed by atoms with E-state index in [-0.39, 0.29) is 41.4 Å². The van der Waals surface area contributed by atoms with Crippen molar-refractivity contribution in [1.82, 2.24) is 20.0 Å². The van der Waals surface area contributed by atoms with Gasteiger partial charge in [-0.2, -0.15) is 19.7 Å². The van der Waals surface area contributed by atoms with Crippen molar-refractivity contribution in [2.45, 2.75) is 27.0 Å². The normalized spacial score (nSPS) is 10.8. The zero-order valence-electron chi connectivity index (χ0n) is 20.1. The van der Waals surface area contributed by atoms with E-state index in [1.165, 1.54) is 24.0 Å². The van der Waals surface area contributed by atoms with E-state index in [1.54, 1.807) is 32.0 Å². The highest BCUT2D eigenvalue weighted by Gasteiger charge is 2.15. The molecular formula is C24H22ClFN6O5. The number of carbonyl (C=O) groups is 1. The molecule has 11 nitrogen and oxygen atoms in total. The Balaban J connectivity index is 1.73. The lowest BCUT2D eigenvalue weighted by molar-refractivity contribution is -0.121. The Kier molecular flexibility index (Phi) is 9.26. The molecule has 192 valence electrons. The van der Waals surface area contributed by atoms with Crippen LogP contribution in [0.4, 0.5) is 4.39 Å². The molecule has 0 atom stereocenters. The smallest absolute Gasteiger partial charge is 0.269 e. The number of nitriles is 1. The van der Waals surface area contributed by atoms with Crippen LogP contribution in [0.15, 0.2) is 40.4 Å². The number of pyridine rings is 1. The van der Waals surface area contributed by atoms with Crippen molar-refractivity contribution < 1.29 is 23.4 Å². The molecule has 3 rings (SSSR count). The molecule has 2 heterocycles. The summed E-state index contributed by atoms with van der Waals surface area (Å²) in [5, 5.41) is 13.1. The van der Waals surface area contributed by atoms with Crippen LogP contribution in [0.25, 0.3) is 0 Å². The summed E-state index contributed by atoms with van der Waals surface area (Å²) in [5.41, 5.74) is 3.14. The number of hydrogen-bond donors (Lipinski definition) is 1. The third kappa shape index (κ3) is 6.87. The SMILES string of the molecule is CCOc1cc(C=NNC(=O)Cn2c(C)cc(COC)c(C#N)c2=O)ccc1Oc1nc(Cl)ncc1F. The Bertz CT molecular complexity index is 1440. The largest absolute Gasteiger partial charge is 0.490 e. The van der Waals surface area contributed by atoms with Gasteiger partial charge in [-0.05, 0) is 55.3 Å². The lowest BCUT2D eigenvalue weighted by Gasteiger charge is -2.12. The van der Waals surface area contributed by atoms with Crippen LogP contribution in [-0.2, 0) is 22.7 Å². The third-order valence-corrected chi connectivity index (χ3v) is 5.04. The summed E-state index contributed by atoms with van der Waals surface area (Å²) in [5.74, 6) is -1.29. The number of nitrogens with one attached hydrogen (secondary N) is 1. The maximum Gasteiger partial charge on any atom is 0.269 e. The van der Waals surface area contributed by atoms with Crippen molar-refractivity contribution >= 4 is 23.7 Å². The Morgan fingerprint density at radius 3 is 2.84 bits per heavy atom. The van der Waals surface area contributed by atoms with Crippen LogP contribution < -0.4 is 20.5 Å². The van der Waals surface area contributed by atoms with Gasteiger partial charge in [0.05, 0.1) is 25.6 Å². The number of benzene rings is 1. The Morgan fingerprint density at radius 1 is 1.35 bits per heavy atom. The second-order valence-corrected chi connectivity index (χ2v) is 7.79. The van der Waals surface area contributed by atoms with Crippen molar-refractivity contribution in [3.63, 3.8) is 0 Å². The van der Waals surface area contributed by atoms with Gasteiger partial charge in [-0.3, -0.25) is 9.59 Å². The number of carbonyl (C=O) groups excluding carboxylic acids is 1. The molecule has 0 saturated carbocycles. The second-order valence-electron chi connectivity index (χ2n) is 7.45. The van der Waals surface area contributed by atoms with Gasteiger partial charge in [0.2, 0.25) is 11.1 Å². The highest BCUT2D eigenvalue weighted by atomic mass is 35.5. The second kappa shape index (κ2) is 12.6.